The molecule has 0 unspecified atom stereocenters. The molecule has 2 aromatic carbocycles. The van der Waals surface area contributed by atoms with Crippen LogP contribution in [0.15, 0.2) is 53.7 Å². The van der Waals surface area contributed by atoms with E-state index in [1.54, 1.807) is 6.92 Å². The van der Waals surface area contributed by atoms with Gasteiger partial charge in [0.2, 0.25) is 5.91 Å². The van der Waals surface area contributed by atoms with E-state index in [1.807, 2.05) is 66.9 Å². The molecule has 0 saturated carbocycles. The van der Waals surface area contributed by atoms with Gasteiger partial charge in [-0.2, -0.15) is 0 Å². The van der Waals surface area contributed by atoms with Crippen molar-refractivity contribution in [2.75, 3.05) is 25.5 Å². The highest BCUT2D eigenvalue weighted by atomic mass is 32.2. The van der Waals surface area contributed by atoms with Crippen LogP contribution in [0.3, 0.4) is 0 Å². The van der Waals surface area contributed by atoms with Gasteiger partial charge in [0, 0.05) is 11.3 Å². The summed E-state index contributed by atoms with van der Waals surface area (Å²) in [6.45, 7) is 6.38. The van der Waals surface area contributed by atoms with E-state index in [-0.39, 0.29) is 24.8 Å². The first-order valence-electron chi connectivity index (χ1n) is 10.3. The zero-order valence-corrected chi connectivity index (χ0v) is 19.1. The van der Waals surface area contributed by atoms with Crippen LogP contribution in [0.25, 0.3) is 17.1 Å². The highest BCUT2D eigenvalue weighted by Gasteiger charge is 2.18. The van der Waals surface area contributed by atoms with Crippen LogP contribution >= 0.6 is 11.8 Å². The summed E-state index contributed by atoms with van der Waals surface area (Å²) in [6, 6.07) is 15.6. The lowest BCUT2D eigenvalue weighted by Crippen LogP contribution is -2.31. The Morgan fingerprint density at radius 1 is 1.00 bits per heavy atom. The molecule has 3 aromatic rings. The Balaban J connectivity index is 1.83. The summed E-state index contributed by atoms with van der Waals surface area (Å²) in [5.41, 5.74) is 2.91. The predicted octanol–water partition coefficient (Wildman–Crippen LogP) is 3.41. The average molecular weight is 455 g/mol. The van der Waals surface area contributed by atoms with Crippen molar-refractivity contribution in [2.45, 2.75) is 25.9 Å². The number of aryl methyl sites for hydroxylation is 1. The molecule has 0 saturated heterocycles. The SMILES string of the molecule is CCOC(=O)CNC(=O)CSc1nnc(-c2ccc(C)cc2)n1-c1ccc(OCC)cc1. The van der Waals surface area contributed by atoms with Crippen LogP contribution in [-0.4, -0.2) is 52.2 Å². The lowest BCUT2D eigenvalue weighted by molar-refractivity contribution is -0.143. The standard InChI is InChI=1S/C23H26N4O4S/c1-4-30-19-12-10-18(11-13-19)27-22(17-8-6-16(3)7-9-17)25-26-23(27)32-15-20(28)24-14-21(29)31-5-2/h6-13H,4-5,14-15H2,1-3H3,(H,24,28). The summed E-state index contributed by atoms with van der Waals surface area (Å²) < 4.78 is 12.3. The van der Waals surface area contributed by atoms with Gasteiger partial charge in [-0.25, -0.2) is 0 Å². The molecule has 0 bridgehead atoms. The Labute approximate surface area is 191 Å². The molecule has 1 amide bonds. The van der Waals surface area contributed by atoms with Crippen molar-refractivity contribution in [1.82, 2.24) is 20.1 Å². The van der Waals surface area contributed by atoms with Crippen LogP contribution < -0.4 is 10.1 Å². The number of carbonyl (C=O) groups excluding carboxylic acids is 2. The summed E-state index contributed by atoms with van der Waals surface area (Å²) in [6.07, 6.45) is 0. The van der Waals surface area contributed by atoms with Crippen molar-refractivity contribution in [2.24, 2.45) is 0 Å². The highest BCUT2D eigenvalue weighted by molar-refractivity contribution is 7.99. The number of ether oxygens (including phenoxy) is 2. The lowest BCUT2D eigenvalue weighted by atomic mass is 10.1. The van der Waals surface area contributed by atoms with Crippen molar-refractivity contribution in [3.8, 4) is 22.8 Å². The summed E-state index contributed by atoms with van der Waals surface area (Å²) in [7, 11) is 0. The molecule has 0 fully saturated rings. The zero-order valence-electron chi connectivity index (χ0n) is 18.3. The maximum Gasteiger partial charge on any atom is 0.325 e. The number of rotatable bonds is 10. The van der Waals surface area contributed by atoms with Crippen molar-refractivity contribution < 1.29 is 19.1 Å². The number of thioether (sulfide) groups is 1. The molecule has 0 radical (unpaired) electrons. The number of benzene rings is 2. The molecule has 1 heterocycles. The smallest absolute Gasteiger partial charge is 0.325 e. The first-order chi connectivity index (χ1) is 15.5. The molecule has 0 atom stereocenters. The number of hydrogen-bond acceptors (Lipinski definition) is 7. The lowest BCUT2D eigenvalue weighted by Gasteiger charge is -2.12. The Bertz CT molecular complexity index is 1050. The van der Waals surface area contributed by atoms with Crippen LogP contribution in [-0.2, 0) is 14.3 Å². The first-order valence-corrected chi connectivity index (χ1v) is 11.3. The number of nitrogens with zero attached hydrogens (tertiary/aromatic N) is 3. The molecular weight excluding hydrogens is 428 g/mol. The van der Waals surface area contributed by atoms with E-state index in [4.69, 9.17) is 9.47 Å². The third-order valence-corrected chi connectivity index (χ3v) is 5.35. The molecular formula is C23H26N4O4S. The van der Waals surface area contributed by atoms with Crippen LogP contribution in [0.4, 0.5) is 0 Å². The van der Waals surface area contributed by atoms with Gasteiger partial charge in [0.05, 0.1) is 19.0 Å². The van der Waals surface area contributed by atoms with Gasteiger partial charge in [0.1, 0.15) is 12.3 Å². The third kappa shape index (κ3) is 6.10. The monoisotopic (exact) mass is 454 g/mol. The fraction of sp³-hybridized carbons (Fsp3) is 0.304. The largest absolute Gasteiger partial charge is 0.494 e. The molecule has 8 nitrogen and oxygen atoms in total. The van der Waals surface area contributed by atoms with Gasteiger partial charge in [0.15, 0.2) is 11.0 Å². The van der Waals surface area contributed by atoms with Gasteiger partial charge in [-0.1, -0.05) is 41.6 Å². The van der Waals surface area contributed by atoms with Crippen molar-refractivity contribution in [3.05, 3.63) is 54.1 Å². The topological polar surface area (TPSA) is 95.3 Å². The molecule has 1 N–H and O–H groups in total. The molecule has 32 heavy (non-hydrogen) atoms. The van der Waals surface area contributed by atoms with Crippen molar-refractivity contribution in [1.29, 1.82) is 0 Å². The minimum Gasteiger partial charge on any atom is -0.494 e. The van der Waals surface area contributed by atoms with Crippen LogP contribution in [0.2, 0.25) is 0 Å². The van der Waals surface area contributed by atoms with E-state index in [2.05, 4.69) is 15.5 Å². The van der Waals surface area contributed by atoms with Crippen molar-refractivity contribution >= 4 is 23.6 Å². The van der Waals surface area contributed by atoms with Gasteiger partial charge < -0.3 is 14.8 Å². The Morgan fingerprint density at radius 3 is 2.38 bits per heavy atom. The fourth-order valence-electron chi connectivity index (χ4n) is 2.91. The summed E-state index contributed by atoms with van der Waals surface area (Å²) in [4.78, 5) is 23.6. The molecule has 0 aliphatic carbocycles. The second kappa shape index (κ2) is 11.3. The Morgan fingerprint density at radius 2 is 1.72 bits per heavy atom. The van der Waals surface area contributed by atoms with E-state index < -0.39 is 5.97 Å². The van der Waals surface area contributed by atoms with Crippen LogP contribution in [0.1, 0.15) is 19.4 Å². The molecule has 168 valence electrons. The maximum atomic E-state index is 12.2. The number of amides is 1. The molecule has 0 aliphatic rings. The van der Waals surface area contributed by atoms with E-state index in [0.717, 1.165) is 22.6 Å². The number of hydrogen-bond donors (Lipinski definition) is 1. The summed E-state index contributed by atoms with van der Waals surface area (Å²) in [5.74, 6) is 0.770. The van der Waals surface area contributed by atoms with E-state index in [1.165, 1.54) is 11.8 Å². The fourth-order valence-corrected chi connectivity index (χ4v) is 3.69. The van der Waals surface area contributed by atoms with Gasteiger partial charge >= 0.3 is 5.97 Å². The minimum absolute atomic E-state index is 0.0858. The Kier molecular flexibility index (Phi) is 8.27. The van der Waals surface area contributed by atoms with E-state index in [9.17, 15) is 9.59 Å². The van der Waals surface area contributed by atoms with E-state index >= 15 is 0 Å². The van der Waals surface area contributed by atoms with Gasteiger partial charge in [0.25, 0.3) is 0 Å². The molecule has 3 rings (SSSR count). The average Bonchev–Trinajstić information content (AvgIpc) is 3.21. The van der Waals surface area contributed by atoms with Gasteiger partial charge in [-0.3, -0.25) is 14.2 Å². The maximum absolute atomic E-state index is 12.2. The minimum atomic E-state index is -0.468. The molecule has 0 spiro atoms. The normalized spacial score (nSPS) is 10.6. The number of carbonyl (C=O) groups is 2. The summed E-state index contributed by atoms with van der Waals surface area (Å²) in [5, 5.41) is 11.8. The third-order valence-electron chi connectivity index (χ3n) is 4.42. The number of nitrogens with one attached hydrogen (secondary N) is 1. The number of aromatic nitrogens is 3. The van der Waals surface area contributed by atoms with Gasteiger partial charge in [-0.15, -0.1) is 10.2 Å². The highest BCUT2D eigenvalue weighted by Crippen LogP contribution is 2.29. The van der Waals surface area contributed by atoms with Crippen LogP contribution in [0, 0.1) is 6.92 Å². The zero-order chi connectivity index (χ0) is 22.9. The number of esters is 1. The Hall–Kier alpha value is -3.33. The molecule has 1 aromatic heterocycles. The molecule has 0 aliphatic heterocycles. The second-order valence-electron chi connectivity index (χ2n) is 6.80. The first kappa shape index (κ1) is 23.3. The predicted molar refractivity (Wildman–Crippen MR) is 123 cm³/mol. The van der Waals surface area contributed by atoms with Crippen LogP contribution in [0.5, 0.6) is 5.75 Å². The molecule has 9 heteroatoms. The summed E-state index contributed by atoms with van der Waals surface area (Å²) >= 11 is 1.24. The van der Waals surface area contributed by atoms with Crippen molar-refractivity contribution in [3.63, 3.8) is 0 Å². The quantitative estimate of drug-likeness (QED) is 0.370. The van der Waals surface area contributed by atoms with E-state index in [0.29, 0.717) is 17.6 Å². The van der Waals surface area contributed by atoms with Gasteiger partial charge in [-0.05, 0) is 45.0 Å². The second-order valence-corrected chi connectivity index (χ2v) is 7.75.